The van der Waals surface area contributed by atoms with E-state index in [0.717, 1.165) is 32.1 Å². The number of nitrogens with zero attached hydrogens (tertiary/aromatic N) is 2. The van der Waals surface area contributed by atoms with Crippen LogP contribution in [-0.4, -0.2) is 53.3 Å². The minimum absolute atomic E-state index is 0.0775. The summed E-state index contributed by atoms with van der Waals surface area (Å²) in [4.78, 5) is 16.0. The Kier molecular flexibility index (Phi) is 3.12. The summed E-state index contributed by atoms with van der Waals surface area (Å²) in [7, 11) is 2.16. The van der Waals surface area contributed by atoms with Crippen LogP contribution in [0.25, 0.3) is 0 Å². The van der Waals surface area contributed by atoms with Gasteiger partial charge in [-0.25, -0.2) is 0 Å². The van der Waals surface area contributed by atoms with Crippen LogP contribution in [0, 0.1) is 0 Å². The standard InChI is InChI=1S/C10H17BrN2O/c1-12(8-2-3-8)6-7-13-5-4-9(11)10(13)14/h8-9H,2-7H2,1H3. The molecule has 1 heterocycles. The van der Waals surface area contributed by atoms with Gasteiger partial charge in [0.05, 0.1) is 4.83 Å². The van der Waals surface area contributed by atoms with Crippen molar-refractivity contribution in [1.82, 2.24) is 9.80 Å². The maximum absolute atomic E-state index is 11.6. The number of rotatable bonds is 4. The van der Waals surface area contributed by atoms with Crippen LogP contribution in [0.3, 0.4) is 0 Å². The van der Waals surface area contributed by atoms with E-state index in [4.69, 9.17) is 0 Å². The molecule has 0 bridgehead atoms. The van der Waals surface area contributed by atoms with Crippen LogP contribution >= 0.6 is 15.9 Å². The predicted octanol–water partition coefficient (Wildman–Crippen LogP) is 1.08. The summed E-state index contributed by atoms with van der Waals surface area (Å²) in [5.74, 6) is 0.272. The Hall–Kier alpha value is -0.0900. The molecule has 0 aromatic rings. The number of likely N-dealkylation sites (tertiary alicyclic amines) is 1. The second-order valence-electron chi connectivity index (χ2n) is 4.29. The lowest BCUT2D eigenvalue weighted by atomic mass is 10.4. The molecule has 1 aliphatic heterocycles. The highest BCUT2D eigenvalue weighted by Gasteiger charge is 2.30. The Morgan fingerprint density at radius 3 is 2.71 bits per heavy atom. The Balaban J connectivity index is 1.72. The molecule has 0 aromatic heterocycles. The fourth-order valence-corrected chi connectivity index (χ4v) is 2.39. The molecule has 1 atom stereocenters. The molecule has 0 radical (unpaired) electrons. The fraction of sp³-hybridized carbons (Fsp3) is 0.900. The van der Waals surface area contributed by atoms with E-state index in [1.165, 1.54) is 12.8 Å². The molecule has 2 aliphatic rings. The first-order chi connectivity index (χ1) is 6.68. The van der Waals surface area contributed by atoms with Crippen molar-refractivity contribution in [3.8, 4) is 0 Å². The minimum Gasteiger partial charge on any atom is -0.340 e. The number of carbonyl (C=O) groups is 1. The van der Waals surface area contributed by atoms with Crippen molar-refractivity contribution in [3.05, 3.63) is 0 Å². The lowest BCUT2D eigenvalue weighted by Gasteiger charge is -2.21. The maximum Gasteiger partial charge on any atom is 0.236 e. The molecule has 4 heteroatoms. The van der Waals surface area contributed by atoms with Gasteiger partial charge in [-0.15, -0.1) is 0 Å². The van der Waals surface area contributed by atoms with E-state index in [2.05, 4.69) is 27.9 Å². The molecule has 2 rings (SSSR count). The Labute approximate surface area is 93.6 Å². The van der Waals surface area contributed by atoms with Crippen molar-refractivity contribution in [2.75, 3.05) is 26.7 Å². The van der Waals surface area contributed by atoms with Crippen LogP contribution in [0.5, 0.6) is 0 Å². The van der Waals surface area contributed by atoms with E-state index in [0.29, 0.717) is 0 Å². The smallest absolute Gasteiger partial charge is 0.236 e. The lowest BCUT2D eigenvalue weighted by molar-refractivity contribution is -0.127. The monoisotopic (exact) mass is 260 g/mol. The van der Waals surface area contributed by atoms with Crippen molar-refractivity contribution in [1.29, 1.82) is 0 Å². The molecule has 1 saturated carbocycles. The predicted molar refractivity (Wildman–Crippen MR) is 59.6 cm³/mol. The van der Waals surface area contributed by atoms with Gasteiger partial charge < -0.3 is 9.80 Å². The molecule has 1 saturated heterocycles. The summed E-state index contributed by atoms with van der Waals surface area (Å²) in [6.07, 6.45) is 3.64. The zero-order valence-corrected chi connectivity index (χ0v) is 10.2. The van der Waals surface area contributed by atoms with E-state index < -0.39 is 0 Å². The molecule has 1 unspecified atom stereocenters. The SMILES string of the molecule is CN(CCN1CCC(Br)C1=O)C1CC1. The summed E-state index contributed by atoms with van der Waals surface area (Å²) in [5, 5.41) is 0. The molecule has 80 valence electrons. The Morgan fingerprint density at radius 1 is 1.50 bits per heavy atom. The first-order valence-corrected chi connectivity index (χ1v) is 6.23. The quantitative estimate of drug-likeness (QED) is 0.707. The van der Waals surface area contributed by atoms with Gasteiger partial charge in [-0.3, -0.25) is 4.79 Å². The van der Waals surface area contributed by atoms with Crippen molar-refractivity contribution in [2.45, 2.75) is 30.1 Å². The van der Waals surface area contributed by atoms with Crippen molar-refractivity contribution >= 4 is 21.8 Å². The average Bonchev–Trinajstić information content (AvgIpc) is 2.95. The highest BCUT2D eigenvalue weighted by molar-refractivity contribution is 9.10. The van der Waals surface area contributed by atoms with E-state index in [1.54, 1.807) is 0 Å². The van der Waals surface area contributed by atoms with Gasteiger partial charge in [0.2, 0.25) is 5.91 Å². The first kappa shape index (κ1) is 10.4. The largest absolute Gasteiger partial charge is 0.340 e. The average molecular weight is 261 g/mol. The Bertz CT molecular complexity index is 230. The minimum atomic E-state index is 0.0775. The van der Waals surface area contributed by atoms with Gasteiger partial charge in [0.25, 0.3) is 0 Å². The topological polar surface area (TPSA) is 23.6 Å². The maximum atomic E-state index is 11.6. The van der Waals surface area contributed by atoms with Crippen LogP contribution in [0.1, 0.15) is 19.3 Å². The van der Waals surface area contributed by atoms with E-state index in [9.17, 15) is 4.79 Å². The van der Waals surface area contributed by atoms with E-state index in [-0.39, 0.29) is 10.7 Å². The normalized spacial score (nSPS) is 27.8. The molecule has 0 aromatic carbocycles. The lowest BCUT2D eigenvalue weighted by Crippen LogP contribution is -2.36. The Morgan fingerprint density at radius 2 is 2.21 bits per heavy atom. The zero-order chi connectivity index (χ0) is 10.1. The number of hydrogen-bond donors (Lipinski definition) is 0. The molecule has 1 aliphatic carbocycles. The van der Waals surface area contributed by atoms with Gasteiger partial charge in [0.1, 0.15) is 0 Å². The second-order valence-corrected chi connectivity index (χ2v) is 5.40. The molecule has 1 amide bonds. The van der Waals surface area contributed by atoms with E-state index >= 15 is 0 Å². The van der Waals surface area contributed by atoms with Crippen molar-refractivity contribution < 1.29 is 4.79 Å². The summed E-state index contributed by atoms with van der Waals surface area (Å²) < 4.78 is 0. The summed E-state index contributed by atoms with van der Waals surface area (Å²) in [6, 6.07) is 0.799. The van der Waals surface area contributed by atoms with Crippen LogP contribution < -0.4 is 0 Å². The van der Waals surface area contributed by atoms with Crippen LogP contribution in [0.15, 0.2) is 0 Å². The van der Waals surface area contributed by atoms with E-state index in [1.807, 2.05) is 4.90 Å². The third-order valence-electron chi connectivity index (χ3n) is 3.12. The fourth-order valence-electron chi connectivity index (χ4n) is 1.90. The van der Waals surface area contributed by atoms with Gasteiger partial charge in [-0.1, -0.05) is 15.9 Å². The highest BCUT2D eigenvalue weighted by Crippen LogP contribution is 2.25. The molecule has 0 spiro atoms. The van der Waals surface area contributed by atoms with Crippen molar-refractivity contribution in [2.24, 2.45) is 0 Å². The third kappa shape index (κ3) is 2.28. The number of amides is 1. The molecular weight excluding hydrogens is 244 g/mol. The number of alkyl halides is 1. The number of halogens is 1. The third-order valence-corrected chi connectivity index (χ3v) is 3.97. The summed E-state index contributed by atoms with van der Waals surface area (Å²) in [6.45, 7) is 2.84. The first-order valence-electron chi connectivity index (χ1n) is 5.31. The zero-order valence-electron chi connectivity index (χ0n) is 8.58. The van der Waals surface area contributed by atoms with Crippen LogP contribution in [-0.2, 0) is 4.79 Å². The molecule has 3 nitrogen and oxygen atoms in total. The molecular formula is C10H17BrN2O. The second kappa shape index (κ2) is 4.19. The molecule has 0 N–H and O–H groups in total. The summed E-state index contributed by atoms with van der Waals surface area (Å²) >= 11 is 3.39. The van der Waals surface area contributed by atoms with Gasteiger partial charge in [-0.05, 0) is 26.3 Å². The number of hydrogen-bond acceptors (Lipinski definition) is 2. The van der Waals surface area contributed by atoms with Crippen molar-refractivity contribution in [3.63, 3.8) is 0 Å². The van der Waals surface area contributed by atoms with Crippen LogP contribution in [0.2, 0.25) is 0 Å². The van der Waals surface area contributed by atoms with Gasteiger partial charge >= 0.3 is 0 Å². The summed E-state index contributed by atoms with van der Waals surface area (Å²) in [5.41, 5.74) is 0. The number of carbonyl (C=O) groups excluding carboxylic acids is 1. The van der Waals surface area contributed by atoms with Crippen LogP contribution in [0.4, 0.5) is 0 Å². The van der Waals surface area contributed by atoms with Gasteiger partial charge in [0.15, 0.2) is 0 Å². The molecule has 14 heavy (non-hydrogen) atoms. The number of likely N-dealkylation sites (N-methyl/N-ethyl adjacent to an activating group) is 1. The van der Waals surface area contributed by atoms with Gasteiger partial charge in [-0.2, -0.15) is 0 Å². The van der Waals surface area contributed by atoms with Gasteiger partial charge in [0, 0.05) is 25.7 Å². The highest BCUT2D eigenvalue weighted by atomic mass is 79.9. The molecule has 2 fully saturated rings.